The van der Waals surface area contributed by atoms with Crippen LogP contribution < -0.4 is 10.6 Å². The molecule has 7 nitrogen and oxygen atoms in total. The summed E-state index contributed by atoms with van der Waals surface area (Å²) in [5, 5.41) is 10.1. The molecule has 0 saturated carbocycles. The Labute approximate surface area is 333 Å². The number of halogens is 4. The van der Waals surface area contributed by atoms with Crippen molar-refractivity contribution in [2.45, 2.75) is 12.8 Å². The molecule has 2 heterocycles. The number of carbonyl (C=O) groups is 4. The maximum absolute atomic E-state index is 14.1. The van der Waals surface area contributed by atoms with Crippen molar-refractivity contribution in [1.82, 2.24) is 0 Å². The Hall–Kier alpha value is -3.85. The van der Waals surface area contributed by atoms with Gasteiger partial charge in [-0.1, -0.05) is 87.7 Å². The molecule has 2 N–H and O–H groups in total. The number of benzene rings is 4. The lowest BCUT2D eigenvalue weighted by Crippen LogP contribution is -2.19. The number of ether oxygens (including phenoxy) is 1. The number of anilines is 2. The second-order valence-electron chi connectivity index (χ2n) is 11.0. The molecule has 0 fully saturated rings. The first-order chi connectivity index (χ1) is 24.6. The van der Waals surface area contributed by atoms with Gasteiger partial charge in [-0.2, -0.15) is 0 Å². The van der Waals surface area contributed by atoms with E-state index >= 15 is 0 Å². The summed E-state index contributed by atoms with van der Waals surface area (Å²) in [6.07, 6.45) is 0.640. The van der Waals surface area contributed by atoms with E-state index in [2.05, 4.69) is 49.2 Å². The summed E-state index contributed by atoms with van der Waals surface area (Å²) in [6.45, 7) is 0. The normalized spacial score (nSPS) is 10.8. The van der Waals surface area contributed by atoms with E-state index < -0.39 is 17.8 Å². The molecule has 0 bridgehead atoms. The van der Waals surface area contributed by atoms with Gasteiger partial charge in [-0.3, -0.25) is 9.59 Å². The number of hydrogen-bond acceptors (Lipinski definition) is 7. The van der Waals surface area contributed by atoms with Gasteiger partial charge in [-0.25, -0.2) is 9.59 Å². The van der Waals surface area contributed by atoms with Crippen LogP contribution in [0.4, 0.5) is 10.0 Å². The number of aryl methyl sites for hydroxylation is 1. The summed E-state index contributed by atoms with van der Waals surface area (Å²) in [5.41, 5.74) is 3.27. The quantitative estimate of drug-likeness (QED) is 0.0809. The van der Waals surface area contributed by atoms with Crippen LogP contribution in [-0.2, 0) is 16.0 Å². The van der Waals surface area contributed by atoms with Gasteiger partial charge in [0.2, 0.25) is 5.91 Å². The molecule has 13 heteroatoms. The number of rotatable bonds is 10. The second kappa shape index (κ2) is 16.7. The molecule has 0 atom stereocenters. The number of thiophene rings is 2. The van der Waals surface area contributed by atoms with Crippen LogP contribution in [0.15, 0.2) is 112 Å². The fraction of sp³-hybridized carbons (Fsp3) is 0.0526. The smallest absolute Gasteiger partial charge is 0.349 e. The lowest BCUT2D eigenvalue weighted by atomic mass is 10.0. The van der Waals surface area contributed by atoms with Gasteiger partial charge in [0.25, 0.3) is 5.91 Å². The summed E-state index contributed by atoms with van der Waals surface area (Å²) >= 11 is 20.5. The topological polar surface area (TPSA) is 102 Å². The molecular formula is C38H24BrCl2IN2O5S2. The minimum absolute atomic E-state index is 0.00397. The van der Waals surface area contributed by atoms with Crippen molar-refractivity contribution in [1.29, 1.82) is 0 Å². The standard InChI is InChI=1S/C38H24BrCl2IN2O5S2/c39-24-11-7-22(8-12-24)28-19-50-36(44-34(46)23-9-14-26(42)15-10-23)32(28)37(47)49-38(48)33-29(27-16-13-25(40)18-30(27)41)20-51-35(33)43-31(45)17-6-21-4-2-1-3-5-21/h1-5,7-16,18-20H,6,17H2,(H,43,45)(H,44,46). The Morgan fingerprint density at radius 2 is 1.35 bits per heavy atom. The van der Waals surface area contributed by atoms with Crippen LogP contribution >= 0.6 is 84.4 Å². The summed E-state index contributed by atoms with van der Waals surface area (Å²) < 4.78 is 7.39. The highest BCUT2D eigenvalue weighted by Crippen LogP contribution is 2.41. The van der Waals surface area contributed by atoms with Gasteiger partial charge in [0.15, 0.2) is 0 Å². The number of amides is 2. The lowest BCUT2D eigenvalue weighted by Gasteiger charge is -2.12. The third-order valence-electron chi connectivity index (χ3n) is 7.62. The summed E-state index contributed by atoms with van der Waals surface area (Å²) in [7, 11) is 0. The van der Waals surface area contributed by atoms with Crippen molar-refractivity contribution >= 4 is 118 Å². The molecule has 0 aliphatic rings. The SMILES string of the molecule is O=C(CCc1ccccc1)Nc1scc(-c2ccc(Cl)cc2Cl)c1C(=O)OC(=O)c1c(-c2ccc(Br)cc2)csc1NC(=O)c1ccc(I)cc1. The average molecular weight is 930 g/mol. The Balaban J connectivity index is 1.34. The predicted molar refractivity (Wildman–Crippen MR) is 217 cm³/mol. The Morgan fingerprint density at radius 3 is 2.02 bits per heavy atom. The first kappa shape index (κ1) is 36.9. The van der Waals surface area contributed by atoms with Crippen molar-refractivity contribution in [3.63, 3.8) is 0 Å². The van der Waals surface area contributed by atoms with Gasteiger partial charge in [-0.05, 0) is 88.7 Å². The fourth-order valence-corrected chi connectivity index (χ4v) is 8.16. The van der Waals surface area contributed by atoms with Crippen LogP contribution in [0.5, 0.6) is 0 Å². The summed E-state index contributed by atoms with van der Waals surface area (Å²) in [4.78, 5) is 54.6. The Kier molecular flexibility index (Phi) is 12.1. The van der Waals surface area contributed by atoms with Crippen LogP contribution in [0, 0.1) is 3.57 Å². The Morgan fingerprint density at radius 1 is 0.725 bits per heavy atom. The van der Waals surface area contributed by atoms with E-state index in [9.17, 15) is 19.2 Å². The van der Waals surface area contributed by atoms with Crippen LogP contribution in [0.2, 0.25) is 10.0 Å². The molecule has 2 amide bonds. The second-order valence-corrected chi connectivity index (χ2v) is 15.8. The minimum atomic E-state index is -1.01. The van der Waals surface area contributed by atoms with E-state index in [1.165, 1.54) is 6.07 Å². The third-order valence-corrected chi connectivity index (χ3v) is 11.2. The highest BCUT2D eigenvalue weighted by molar-refractivity contribution is 14.1. The zero-order valence-electron chi connectivity index (χ0n) is 26.2. The molecule has 6 aromatic rings. The lowest BCUT2D eigenvalue weighted by molar-refractivity contribution is -0.116. The zero-order valence-corrected chi connectivity index (χ0v) is 33.1. The number of esters is 2. The molecule has 2 aromatic heterocycles. The highest BCUT2D eigenvalue weighted by atomic mass is 127. The zero-order chi connectivity index (χ0) is 36.1. The van der Waals surface area contributed by atoms with E-state index in [1.807, 2.05) is 42.5 Å². The minimum Gasteiger partial charge on any atom is -0.386 e. The van der Waals surface area contributed by atoms with Crippen LogP contribution in [0.3, 0.4) is 0 Å². The number of nitrogens with one attached hydrogen (secondary N) is 2. The average Bonchev–Trinajstić information content (AvgIpc) is 3.72. The van der Waals surface area contributed by atoms with E-state index in [0.717, 1.165) is 36.3 Å². The molecule has 0 radical (unpaired) electrons. The molecule has 0 spiro atoms. The molecule has 0 saturated heterocycles. The molecule has 0 aliphatic carbocycles. The maximum Gasteiger partial charge on any atom is 0.349 e. The van der Waals surface area contributed by atoms with Gasteiger partial charge in [-0.15, -0.1) is 22.7 Å². The van der Waals surface area contributed by atoms with Gasteiger partial charge in [0, 0.05) is 57.5 Å². The monoisotopic (exact) mass is 928 g/mol. The van der Waals surface area contributed by atoms with Crippen LogP contribution in [0.25, 0.3) is 22.3 Å². The van der Waals surface area contributed by atoms with Crippen molar-refractivity contribution in [2.24, 2.45) is 0 Å². The van der Waals surface area contributed by atoms with Crippen LogP contribution in [0.1, 0.15) is 43.1 Å². The highest BCUT2D eigenvalue weighted by Gasteiger charge is 2.30. The number of hydrogen-bond donors (Lipinski definition) is 2. The van der Waals surface area contributed by atoms with Crippen molar-refractivity contribution in [3.05, 3.63) is 148 Å². The van der Waals surface area contributed by atoms with Gasteiger partial charge >= 0.3 is 11.9 Å². The van der Waals surface area contributed by atoms with E-state index in [-0.39, 0.29) is 38.5 Å². The predicted octanol–water partition coefficient (Wildman–Crippen LogP) is 11.6. The molecule has 0 unspecified atom stereocenters. The first-order valence-corrected chi connectivity index (χ1v) is 19.6. The summed E-state index contributed by atoms with van der Waals surface area (Å²) in [6, 6.07) is 28.6. The fourth-order valence-electron chi connectivity index (χ4n) is 5.11. The van der Waals surface area contributed by atoms with Crippen molar-refractivity contribution in [3.8, 4) is 22.3 Å². The maximum atomic E-state index is 14.1. The first-order valence-electron chi connectivity index (χ1n) is 15.2. The van der Waals surface area contributed by atoms with Crippen molar-refractivity contribution < 1.29 is 23.9 Å². The largest absolute Gasteiger partial charge is 0.386 e. The third kappa shape index (κ3) is 8.97. The molecular weight excluding hydrogens is 906 g/mol. The Bertz CT molecular complexity index is 2260. The molecule has 6 rings (SSSR count). The molecule has 256 valence electrons. The van der Waals surface area contributed by atoms with Gasteiger partial charge in [0.05, 0.1) is 0 Å². The van der Waals surface area contributed by atoms with E-state index in [0.29, 0.717) is 39.3 Å². The summed E-state index contributed by atoms with van der Waals surface area (Å²) in [5.74, 6) is -2.76. The number of carbonyl (C=O) groups excluding carboxylic acids is 4. The van der Waals surface area contributed by atoms with E-state index in [1.54, 1.807) is 59.3 Å². The van der Waals surface area contributed by atoms with E-state index in [4.69, 9.17) is 27.9 Å². The van der Waals surface area contributed by atoms with Crippen LogP contribution in [-0.4, -0.2) is 23.8 Å². The van der Waals surface area contributed by atoms with Gasteiger partial charge < -0.3 is 15.4 Å². The molecule has 4 aromatic carbocycles. The molecule has 51 heavy (non-hydrogen) atoms. The molecule has 0 aliphatic heterocycles. The van der Waals surface area contributed by atoms with Gasteiger partial charge in [0.1, 0.15) is 21.1 Å². The van der Waals surface area contributed by atoms with Crippen molar-refractivity contribution in [2.75, 3.05) is 10.6 Å².